The van der Waals surface area contributed by atoms with Crippen molar-refractivity contribution in [3.8, 4) is 0 Å². The third-order valence-electron chi connectivity index (χ3n) is 2.24. The molecular weight excluding hydrogens is 178 g/mol. The van der Waals surface area contributed by atoms with E-state index in [0.717, 1.165) is 19.4 Å². The van der Waals surface area contributed by atoms with Gasteiger partial charge in [-0.25, -0.2) is 0 Å². The highest BCUT2D eigenvalue weighted by molar-refractivity contribution is 5.85. The average Bonchev–Trinajstić information content (AvgIpc) is 2.32. The van der Waals surface area contributed by atoms with Gasteiger partial charge in [0, 0.05) is 6.04 Å². The Hall–Kier alpha value is -0.280. The van der Waals surface area contributed by atoms with Gasteiger partial charge in [-0.2, -0.15) is 0 Å². The number of hydrogen-bond donors (Lipinski definition) is 1. The topological polar surface area (TPSA) is 40.5 Å². The lowest BCUT2D eigenvalue weighted by Crippen LogP contribution is -2.40. The zero-order chi connectivity index (χ0) is 8.43. The number of halogens is 1. The maximum absolute atomic E-state index is 10.7. The Morgan fingerprint density at radius 1 is 1.58 bits per heavy atom. The van der Waals surface area contributed by atoms with Crippen molar-refractivity contribution in [2.45, 2.75) is 38.8 Å². The Labute approximate surface area is 79.2 Å². The van der Waals surface area contributed by atoms with Gasteiger partial charge in [0.05, 0.1) is 0 Å². The highest BCUT2D eigenvalue weighted by Crippen LogP contribution is 2.19. The first-order valence-electron chi connectivity index (χ1n) is 4.11. The summed E-state index contributed by atoms with van der Waals surface area (Å²) in [6, 6.07) is 0.133. The van der Waals surface area contributed by atoms with Crippen LogP contribution in [0.3, 0.4) is 0 Å². The number of carbonyl (C=O) groups is 1. The molecule has 0 aliphatic carbocycles. The molecule has 0 spiro atoms. The quantitative estimate of drug-likeness (QED) is 0.720. The standard InChI is InChI=1S/C8H15NO2.ClH/c1-6(2)9-5-3-4-7(9)8(10)11;/h6-7H,3-5H2,1-2H3,(H,10,11);1H/t7-;/m1./s1. The molecule has 1 fully saturated rings. The molecule has 4 heteroatoms. The average molecular weight is 194 g/mol. The van der Waals surface area contributed by atoms with Crippen LogP contribution in [-0.4, -0.2) is 34.6 Å². The van der Waals surface area contributed by atoms with Gasteiger partial charge in [-0.3, -0.25) is 9.69 Å². The number of likely N-dealkylation sites (tertiary alicyclic amines) is 1. The number of carboxylic acids is 1. The van der Waals surface area contributed by atoms with Crippen molar-refractivity contribution in [2.75, 3.05) is 6.54 Å². The summed E-state index contributed by atoms with van der Waals surface area (Å²) < 4.78 is 0. The lowest BCUT2D eigenvalue weighted by atomic mass is 10.2. The molecule has 0 bridgehead atoms. The van der Waals surface area contributed by atoms with Gasteiger partial charge in [0.15, 0.2) is 0 Å². The first-order chi connectivity index (χ1) is 5.13. The van der Waals surface area contributed by atoms with Crippen LogP contribution in [-0.2, 0) is 4.79 Å². The molecule has 1 saturated heterocycles. The van der Waals surface area contributed by atoms with Gasteiger partial charge < -0.3 is 5.11 Å². The lowest BCUT2D eigenvalue weighted by Gasteiger charge is -2.24. The predicted octanol–water partition coefficient (Wildman–Crippen LogP) is 1.37. The third kappa shape index (κ3) is 2.35. The van der Waals surface area contributed by atoms with Crippen molar-refractivity contribution in [2.24, 2.45) is 0 Å². The molecule has 12 heavy (non-hydrogen) atoms. The van der Waals surface area contributed by atoms with Crippen LogP contribution >= 0.6 is 12.4 Å². The molecule has 1 aliphatic rings. The number of aliphatic carboxylic acids is 1. The third-order valence-corrected chi connectivity index (χ3v) is 2.24. The molecule has 72 valence electrons. The van der Waals surface area contributed by atoms with Crippen molar-refractivity contribution in [3.05, 3.63) is 0 Å². The Morgan fingerprint density at radius 3 is 2.50 bits per heavy atom. The second kappa shape index (κ2) is 4.67. The molecule has 1 heterocycles. The van der Waals surface area contributed by atoms with Crippen LogP contribution in [0.2, 0.25) is 0 Å². The van der Waals surface area contributed by atoms with Crippen LogP contribution in [0.5, 0.6) is 0 Å². The summed E-state index contributed by atoms with van der Waals surface area (Å²) in [6.07, 6.45) is 1.84. The van der Waals surface area contributed by atoms with E-state index in [-0.39, 0.29) is 18.4 Å². The van der Waals surface area contributed by atoms with E-state index >= 15 is 0 Å². The van der Waals surface area contributed by atoms with E-state index < -0.39 is 5.97 Å². The molecule has 3 nitrogen and oxygen atoms in total. The highest BCUT2D eigenvalue weighted by Gasteiger charge is 2.31. The molecule has 1 N–H and O–H groups in total. The van der Waals surface area contributed by atoms with Crippen molar-refractivity contribution in [1.82, 2.24) is 4.90 Å². The van der Waals surface area contributed by atoms with E-state index in [1.807, 2.05) is 18.7 Å². The van der Waals surface area contributed by atoms with Crippen molar-refractivity contribution >= 4 is 18.4 Å². The van der Waals surface area contributed by atoms with Gasteiger partial charge in [0.1, 0.15) is 6.04 Å². The molecule has 0 aromatic heterocycles. The van der Waals surface area contributed by atoms with Crippen LogP contribution in [0.4, 0.5) is 0 Å². The maximum Gasteiger partial charge on any atom is 0.320 e. The van der Waals surface area contributed by atoms with Crippen LogP contribution in [0.25, 0.3) is 0 Å². The zero-order valence-electron chi connectivity index (χ0n) is 7.49. The maximum atomic E-state index is 10.7. The number of nitrogens with zero attached hydrogens (tertiary/aromatic N) is 1. The number of carboxylic acid groups (broad SMARTS) is 1. The molecule has 1 rings (SSSR count). The van der Waals surface area contributed by atoms with Gasteiger partial charge in [-0.15, -0.1) is 12.4 Å². The van der Waals surface area contributed by atoms with Crippen molar-refractivity contribution in [3.63, 3.8) is 0 Å². The fraction of sp³-hybridized carbons (Fsp3) is 0.875. The summed E-state index contributed by atoms with van der Waals surface area (Å²) >= 11 is 0. The monoisotopic (exact) mass is 193 g/mol. The van der Waals surface area contributed by atoms with E-state index in [4.69, 9.17) is 5.11 Å². The van der Waals surface area contributed by atoms with Gasteiger partial charge in [0.25, 0.3) is 0 Å². The smallest absolute Gasteiger partial charge is 0.320 e. The van der Waals surface area contributed by atoms with Crippen LogP contribution in [0.15, 0.2) is 0 Å². The second-order valence-electron chi connectivity index (χ2n) is 3.33. The van der Waals surface area contributed by atoms with Gasteiger partial charge in [-0.1, -0.05) is 0 Å². The SMILES string of the molecule is CC(C)N1CCC[C@@H]1C(=O)O.Cl. The summed E-state index contributed by atoms with van der Waals surface area (Å²) in [5, 5.41) is 8.79. The molecule has 0 unspecified atom stereocenters. The number of hydrogen-bond acceptors (Lipinski definition) is 2. The molecule has 0 aromatic carbocycles. The molecule has 0 saturated carbocycles. The summed E-state index contributed by atoms with van der Waals surface area (Å²) in [7, 11) is 0. The lowest BCUT2D eigenvalue weighted by molar-refractivity contribution is -0.142. The molecule has 0 amide bonds. The van der Waals surface area contributed by atoms with E-state index in [9.17, 15) is 4.79 Å². The fourth-order valence-corrected chi connectivity index (χ4v) is 1.67. The van der Waals surface area contributed by atoms with Gasteiger partial charge >= 0.3 is 5.97 Å². The van der Waals surface area contributed by atoms with E-state index in [0.29, 0.717) is 6.04 Å². The van der Waals surface area contributed by atoms with E-state index in [1.54, 1.807) is 0 Å². The first kappa shape index (κ1) is 11.7. The summed E-state index contributed by atoms with van der Waals surface area (Å²) in [4.78, 5) is 12.7. The molecule has 1 atom stereocenters. The summed E-state index contributed by atoms with van der Waals surface area (Å²) in [5.41, 5.74) is 0. The molecule has 0 aromatic rings. The zero-order valence-corrected chi connectivity index (χ0v) is 8.30. The fourth-order valence-electron chi connectivity index (χ4n) is 1.67. The summed E-state index contributed by atoms with van der Waals surface area (Å²) in [5.74, 6) is -0.670. The predicted molar refractivity (Wildman–Crippen MR) is 49.7 cm³/mol. The summed E-state index contributed by atoms with van der Waals surface area (Å²) in [6.45, 7) is 5.02. The normalized spacial score (nSPS) is 24.1. The minimum atomic E-state index is -0.670. The highest BCUT2D eigenvalue weighted by atomic mass is 35.5. The van der Waals surface area contributed by atoms with E-state index in [2.05, 4.69) is 0 Å². The Kier molecular flexibility index (Phi) is 4.57. The Morgan fingerprint density at radius 2 is 2.17 bits per heavy atom. The molecule has 0 radical (unpaired) electrons. The van der Waals surface area contributed by atoms with Crippen LogP contribution in [0.1, 0.15) is 26.7 Å². The Balaban J connectivity index is 0.00000121. The first-order valence-corrected chi connectivity index (χ1v) is 4.11. The van der Waals surface area contributed by atoms with Crippen molar-refractivity contribution in [1.29, 1.82) is 0 Å². The van der Waals surface area contributed by atoms with E-state index in [1.165, 1.54) is 0 Å². The number of rotatable bonds is 2. The van der Waals surface area contributed by atoms with Gasteiger partial charge in [0.2, 0.25) is 0 Å². The van der Waals surface area contributed by atoms with Gasteiger partial charge in [-0.05, 0) is 33.2 Å². The van der Waals surface area contributed by atoms with Crippen molar-refractivity contribution < 1.29 is 9.90 Å². The van der Waals surface area contributed by atoms with Crippen LogP contribution in [0, 0.1) is 0 Å². The Bertz CT molecular complexity index is 161. The molecular formula is C8H16ClNO2. The second-order valence-corrected chi connectivity index (χ2v) is 3.33. The van der Waals surface area contributed by atoms with Crippen LogP contribution < -0.4 is 0 Å². The largest absolute Gasteiger partial charge is 0.480 e. The molecule has 1 aliphatic heterocycles. The minimum absolute atomic E-state index is 0. The minimum Gasteiger partial charge on any atom is -0.480 e.